The van der Waals surface area contributed by atoms with Gasteiger partial charge < -0.3 is 5.32 Å². The minimum absolute atomic E-state index is 0.0595. The van der Waals surface area contributed by atoms with Gasteiger partial charge in [0.1, 0.15) is 23.1 Å². The first-order chi connectivity index (χ1) is 9.13. The average molecular weight is 298 g/mol. The molecule has 19 heavy (non-hydrogen) atoms. The van der Waals surface area contributed by atoms with Gasteiger partial charge >= 0.3 is 0 Å². The van der Waals surface area contributed by atoms with Gasteiger partial charge in [0, 0.05) is 11.8 Å². The molecule has 0 aliphatic heterocycles. The van der Waals surface area contributed by atoms with E-state index in [9.17, 15) is 4.39 Å². The molecule has 0 saturated carbocycles. The molecule has 5 nitrogen and oxygen atoms in total. The van der Waals surface area contributed by atoms with Crippen LogP contribution in [0.4, 0.5) is 15.9 Å². The number of nitrogens with one attached hydrogen (secondary N) is 1. The fourth-order valence-corrected chi connectivity index (χ4v) is 1.89. The van der Waals surface area contributed by atoms with Crippen LogP contribution < -0.4 is 5.32 Å². The Bertz CT molecular complexity index is 758. The summed E-state index contributed by atoms with van der Waals surface area (Å²) in [5, 5.41) is 7.30. The Kier molecular flexibility index (Phi) is 2.96. The number of benzene rings is 1. The molecule has 0 amide bonds. The quantitative estimate of drug-likeness (QED) is 0.737. The zero-order chi connectivity index (χ0) is 13.4. The number of hydrogen-bond donors (Lipinski definition) is 1. The van der Waals surface area contributed by atoms with Crippen LogP contribution in [0.25, 0.3) is 5.78 Å². The van der Waals surface area contributed by atoms with E-state index in [1.165, 1.54) is 23.0 Å². The lowest BCUT2D eigenvalue weighted by molar-refractivity contribution is 0.629. The Morgan fingerprint density at radius 1 is 1.21 bits per heavy atom. The molecule has 0 fully saturated rings. The predicted octanol–water partition coefficient (Wildman–Crippen LogP) is 3.31. The van der Waals surface area contributed by atoms with Gasteiger partial charge in [-0.2, -0.15) is 19.6 Å². The van der Waals surface area contributed by atoms with Crippen molar-refractivity contribution in [3.05, 3.63) is 46.6 Å². The summed E-state index contributed by atoms with van der Waals surface area (Å²) in [7, 11) is 0. The van der Waals surface area contributed by atoms with E-state index in [1.807, 2.05) is 0 Å². The van der Waals surface area contributed by atoms with Crippen molar-refractivity contribution in [1.82, 2.24) is 19.6 Å². The number of aromatic nitrogens is 4. The Morgan fingerprint density at radius 2 is 2.05 bits per heavy atom. The molecule has 0 bridgehead atoms. The molecule has 0 aliphatic carbocycles. The summed E-state index contributed by atoms with van der Waals surface area (Å²) in [6, 6.07) is 5.94. The van der Waals surface area contributed by atoms with Gasteiger partial charge in [0.2, 0.25) is 0 Å². The Balaban J connectivity index is 2.04. The highest BCUT2D eigenvalue weighted by Crippen LogP contribution is 2.23. The molecule has 0 unspecified atom stereocenters. The van der Waals surface area contributed by atoms with Crippen LogP contribution in [0.15, 0.2) is 30.6 Å². The van der Waals surface area contributed by atoms with E-state index in [-0.39, 0.29) is 10.2 Å². The molecule has 96 valence electrons. The number of hydrogen-bond acceptors (Lipinski definition) is 4. The van der Waals surface area contributed by atoms with E-state index in [4.69, 9.17) is 23.2 Å². The maximum Gasteiger partial charge on any atom is 0.255 e. The molecule has 0 spiro atoms. The standard InChI is InChI=1S/C11H6Cl2FN5/c12-7-2-1-6(3-8(7)14)17-10-4-9(13)18-11-15-5-16-19(10)11/h1-5,17H. The first-order valence-electron chi connectivity index (χ1n) is 5.22. The van der Waals surface area contributed by atoms with Crippen molar-refractivity contribution in [2.75, 3.05) is 5.32 Å². The number of rotatable bonds is 2. The fraction of sp³-hybridized carbons (Fsp3) is 0. The molecule has 2 heterocycles. The lowest BCUT2D eigenvalue weighted by Crippen LogP contribution is -2.01. The first kappa shape index (κ1) is 12.1. The van der Waals surface area contributed by atoms with Crippen molar-refractivity contribution in [3.63, 3.8) is 0 Å². The van der Waals surface area contributed by atoms with E-state index in [2.05, 4.69) is 20.4 Å². The van der Waals surface area contributed by atoms with Crippen molar-refractivity contribution in [3.8, 4) is 0 Å². The van der Waals surface area contributed by atoms with Gasteiger partial charge in [-0.25, -0.2) is 4.39 Å². The molecular formula is C11H6Cl2FN5. The summed E-state index contributed by atoms with van der Waals surface area (Å²) in [6.45, 7) is 0. The number of anilines is 2. The summed E-state index contributed by atoms with van der Waals surface area (Å²) in [4.78, 5) is 7.92. The Morgan fingerprint density at radius 3 is 2.84 bits per heavy atom. The maximum absolute atomic E-state index is 13.4. The van der Waals surface area contributed by atoms with Gasteiger partial charge in [-0.3, -0.25) is 0 Å². The molecule has 0 radical (unpaired) electrons. The van der Waals surface area contributed by atoms with Crippen LogP contribution in [0.2, 0.25) is 10.2 Å². The smallest absolute Gasteiger partial charge is 0.255 e. The van der Waals surface area contributed by atoms with Crippen molar-refractivity contribution in [1.29, 1.82) is 0 Å². The summed E-state index contributed by atoms with van der Waals surface area (Å²) in [6.07, 6.45) is 1.35. The first-order valence-corrected chi connectivity index (χ1v) is 5.97. The van der Waals surface area contributed by atoms with E-state index in [1.54, 1.807) is 12.1 Å². The second-order valence-corrected chi connectivity index (χ2v) is 4.48. The van der Waals surface area contributed by atoms with Crippen molar-refractivity contribution < 1.29 is 4.39 Å². The molecule has 3 aromatic rings. The summed E-state index contributed by atoms with van der Waals surface area (Å²) in [5.74, 6) is 0.361. The maximum atomic E-state index is 13.4. The zero-order valence-electron chi connectivity index (χ0n) is 9.31. The number of halogens is 3. The number of fused-ring (bicyclic) bond motifs is 1. The van der Waals surface area contributed by atoms with Crippen LogP contribution >= 0.6 is 23.2 Å². The normalized spacial score (nSPS) is 10.9. The Hall–Kier alpha value is -1.92. The van der Waals surface area contributed by atoms with Gasteiger partial charge in [0.05, 0.1) is 5.02 Å². The molecular weight excluding hydrogens is 292 g/mol. The van der Waals surface area contributed by atoms with Gasteiger partial charge in [-0.15, -0.1) is 0 Å². The van der Waals surface area contributed by atoms with Crippen LogP contribution in [0, 0.1) is 5.82 Å². The highest BCUT2D eigenvalue weighted by molar-refractivity contribution is 6.30. The van der Waals surface area contributed by atoms with Crippen LogP contribution in [-0.4, -0.2) is 19.6 Å². The molecule has 0 saturated heterocycles. The number of nitrogens with zero attached hydrogens (tertiary/aromatic N) is 4. The second kappa shape index (κ2) is 4.64. The largest absolute Gasteiger partial charge is 0.340 e. The van der Waals surface area contributed by atoms with Gasteiger partial charge in [-0.1, -0.05) is 23.2 Å². The van der Waals surface area contributed by atoms with Gasteiger partial charge in [0.25, 0.3) is 5.78 Å². The second-order valence-electron chi connectivity index (χ2n) is 3.69. The molecule has 1 N–H and O–H groups in total. The minimum Gasteiger partial charge on any atom is -0.340 e. The lowest BCUT2D eigenvalue weighted by Gasteiger charge is -2.08. The molecule has 3 rings (SSSR count). The van der Waals surface area contributed by atoms with E-state index in [0.29, 0.717) is 17.3 Å². The zero-order valence-corrected chi connectivity index (χ0v) is 10.8. The van der Waals surface area contributed by atoms with Gasteiger partial charge in [0.15, 0.2) is 0 Å². The van der Waals surface area contributed by atoms with E-state index >= 15 is 0 Å². The van der Waals surface area contributed by atoms with Crippen LogP contribution in [0.5, 0.6) is 0 Å². The highest BCUT2D eigenvalue weighted by atomic mass is 35.5. The van der Waals surface area contributed by atoms with Crippen LogP contribution in [0.3, 0.4) is 0 Å². The van der Waals surface area contributed by atoms with Crippen molar-refractivity contribution in [2.24, 2.45) is 0 Å². The van der Waals surface area contributed by atoms with Crippen LogP contribution in [-0.2, 0) is 0 Å². The fourth-order valence-electron chi connectivity index (χ4n) is 1.59. The molecule has 0 aliphatic rings. The summed E-state index contributed by atoms with van der Waals surface area (Å²) >= 11 is 11.5. The monoisotopic (exact) mass is 297 g/mol. The molecule has 8 heteroatoms. The van der Waals surface area contributed by atoms with Crippen molar-refractivity contribution in [2.45, 2.75) is 0 Å². The molecule has 0 atom stereocenters. The molecule has 2 aromatic heterocycles. The third-order valence-corrected chi connectivity index (χ3v) is 2.91. The third-order valence-electron chi connectivity index (χ3n) is 2.41. The lowest BCUT2D eigenvalue weighted by atomic mass is 10.3. The van der Waals surface area contributed by atoms with Gasteiger partial charge in [-0.05, 0) is 18.2 Å². The third kappa shape index (κ3) is 2.32. The average Bonchev–Trinajstić information content (AvgIpc) is 2.82. The summed E-state index contributed by atoms with van der Waals surface area (Å²) < 4.78 is 14.8. The highest BCUT2D eigenvalue weighted by Gasteiger charge is 2.08. The minimum atomic E-state index is -0.512. The Labute approximate surface area is 117 Å². The predicted molar refractivity (Wildman–Crippen MR) is 70.5 cm³/mol. The summed E-state index contributed by atoms with van der Waals surface area (Å²) in [5.41, 5.74) is 0.515. The molecule has 1 aromatic carbocycles. The van der Waals surface area contributed by atoms with Crippen LogP contribution in [0.1, 0.15) is 0 Å². The van der Waals surface area contributed by atoms with Crippen molar-refractivity contribution >= 4 is 40.5 Å². The van der Waals surface area contributed by atoms with E-state index < -0.39 is 5.82 Å². The van der Waals surface area contributed by atoms with E-state index in [0.717, 1.165) is 0 Å². The topological polar surface area (TPSA) is 55.1 Å². The SMILES string of the molecule is Fc1cc(Nc2cc(Cl)nc3ncnn23)ccc1Cl.